The molecule has 1 heterocycles. The van der Waals surface area contributed by atoms with Gasteiger partial charge in [0.25, 0.3) is 5.91 Å². The lowest BCUT2D eigenvalue weighted by molar-refractivity contribution is -0.135. The Balaban J connectivity index is 1.54. The minimum absolute atomic E-state index is 0.316. The summed E-state index contributed by atoms with van der Waals surface area (Å²) in [5.41, 5.74) is 3.31. The highest BCUT2D eigenvalue weighted by Crippen LogP contribution is 2.12. The highest BCUT2D eigenvalue weighted by atomic mass is 16.3. The number of aryl methyl sites for hydroxylation is 1. The molecule has 0 aromatic heterocycles. The molecular weight excluding hydrogens is 454 g/mol. The van der Waals surface area contributed by atoms with Crippen molar-refractivity contribution in [3.63, 3.8) is 0 Å². The van der Waals surface area contributed by atoms with Crippen LogP contribution in [0.1, 0.15) is 52.7 Å². The molecule has 0 bridgehead atoms. The van der Waals surface area contributed by atoms with E-state index in [1.54, 1.807) is 24.3 Å². The number of carbonyl (C=O) groups is 3. The second-order valence-corrected chi connectivity index (χ2v) is 9.09. The van der Waals surface area contributed by atoms with Crippen LogP contribution in [0.5, 0.6) is 0 Å². The topological polar surface area (TPSA) is 90.0 Å². The molecule has 2 aromatic rings. The van der Waals surface area contributed by atoms with Gasteiger partial charge in [0.1, 0.15) is 6.61 Å². The summed E-state index contributed by atoms with van der Waals surface area (Å²) in [4.78, 5) is 40.4. The van der Waals surface area contributed by atoms with Crippen molar-refractivity contribution in [1.29, 1.82) is 0 Å². The predicted molar refractivity (Wildman–Crippen MR) is 140 cm³/mol. The van der Waals surface area contributed by atoms with Crippen molar-refractivity contribution in [2.24, 2.45) is 0 Å². The molecule has 0 spiro atoms. The van der Waals surface area contributed by atoms with Gasteiger partial charge in [-0.2, -0.15) is 0 Å². The highest BCUT2D eigenvalue weighted by Gasteiger charge is 2.32. The molecule has 1 unspecified atom stereocenters. The molecule has 7 nitrogen and oxygen atoms in total. The maximum absolute atomic E-state index is 12.8. The molecule has 7 heteroatoms. The monoisotopic (exact) mass is 489 g/mol. The number of nitrogens with zero attached hydrogens (tertiary/aromatic N) is 2. The molecule has 2 N–H and O–H groups in total. The van der Waals surface area contributed by atoms with Gasteiger partial charge in [-0.1, -0.05) is 24.0 Å². The Morgan fingerprint density at radius 3 is 2.11 bits per heavy atom. The second kappa shape index (κ2) is 13.6. The number of hydrogen-bond acceptors (Lipinski definition) is 5. The number of aliphatic hydroxyl groups excluding tert-OH is 1. The molecule has 2 amide bonds. The van der Waals surface area contributed by atoms with Gasteiger partial charge >= 0.3 is 0 Å². The van der Waals surface area contributed by atoms with E-state index in [9.17, 15) is 14.4 Å². The molecule has 0 radical (unpaired) electrons. The largest absolute Gasteiger partial charge is 0.388 e. The Hall–Kier alpha value is -3.47. The molecule has 1 saturated heterocycles. The predicted octanol–water partition coefficient (Wildman–Crippen LogP) is 2.25. The normalized spacial score (nSPS) is 14.0. The number of unbranched alkanes of at least 4 members (excludes halogenated alkanes) is 1. The van der Waals surface area contributed by atoms with Crippen LogP contribution in [-0.2, 0) is 16.0 Å². The average Bonchev–Trinajstić information content (AvgIpc) is 3.44. The summed E-state index contributed by atoms with van der Waals surface area (Å²) in [7, 11) is 2.73. The summed E-state index contributed by atoms with van der Waals surface area (Å²) < 4.78 is 0. The van der Waals surface area contributed by atoms with E-state index in [1.807, 2.05) is 12.1 Å². The second-order valence-electron chi connectivity index (χ2n) is 9.09. The first-order chi connectivity index (χ1) is 17.4. The van der Waals surface area contributed by atoms with E-state index < -0.39 is 30.2 Å². The quantitative estimate of drug-likeness (QED) is 0.304. The minimum atomic E-state index is -1.39. The molecule has 0 saturated carbocycles. The molecule has 2 aromatic carbocycles. The van der Waals surface area contributed by atoms with Crippen LogP contribution < -0.4 is 5.32 Å². The van der Waals surface area contributed by atoms with Crippen LogP contribution >= 0.6 is 0 Å². The van der Waals surface area contributed by atoms with Gasteiger partial charge in [0.05, 0.1) is 0 Å². The first kappa shape index (κ1) is 27.1. The number of hydrogen-bond donors (Lipinski definition) is 2. The zero-order valence-corrected chi connectivity index (χ0v) is 21.1. The first-order valence-corrected chi connectivity index (χ1v) is 12.5. The van der Waals surface area contributed by atoms with E-state index in [-0.39, 0.29) is 0 Å². The van der Waals surface area contributed by atoms with E-state index in [4.69, 9.17) is 5.11 Å². The van der Waals surface area contributed by atoms with Crippen molar-refractivity contribution in [3.8, 4) is 11.8 Å². The fraction of sp³-hybridized carbons (Fsp3) is 0.414. The Bertz CT molecular complexity index is 1080. The summed E-state index contributed by atoms with van der Waals surface area (Å²) in [6.07, 6.45) is 6.19. The highest BCUT2D eigenvalue weighted by molar-refractivity contribution is 6.10. The fourth-order valence-electron chi connectivity index (χ4n) is 4.35. The maximum Gasteiger partial charge on any atom is 0.254 e. The van der Waals surface area contributed by atoms with Crippen molar-refractivity contribution >= 4 is 17.6 Å². The molecule has 0 aliphatic carbocycles. The Morgan fingerprint density at radius 2 is 1.56 bits per heavy atom. The van der Waals surface area contributed by atoms with Crippen molar-refractivity contribution in [3.05, 3.63) is 70.8 Å². The van der Waals surface area contributed by atoms with Crippen molar-refractivity contribution < 1.29 is 19.5 Å². The maximum atomic E-state index is 12.8. The lowest BCUT2D eigenvalue weighted by Crippen LogP contribution is -2.52. The molecule has 36 heavy (non-hydrogen) atoms. The van der Waals surface area contributed by atoms with Crippen LogP contribution in [0.4, 0.5) is 0 Å². The summed E-state index contributed by atoms with van der Waals surface area (Å²) in [5, 5.41) is 11.5. The van der Waals surface area contributed by atoms with Gasteiger partial charge < -0.3 is 20.2 Å². The summed E-state index contributed by atoms with van der Waals surface area (Å²) in [6.45, 7) is 2.89. The zero-order chi connectivity index (χ0) is 25.9. The van der Waals surface area contributed by atoms with Crippen LogP contribution in [0, 0.1) is 11.8 Å². The van der Waals surface area contributed by atoms with Crippen LogP contribution in [0.3, 0.4) is 0 Å². The summed E-state index contributed by atoms with van der Waals surface area (Å²) >= 11 is 0. The van der Waals surface area contributed by atoms with Gasteiger partial charge in [0, 0.05) is 30.8 Å². The number of carbonyl (C=O) groups excluding carboxylic acids is 3. The number of ketones is 1. The lowest BCUT2D eigenvalue weighted by Gasteiger charge is -2.25. The number of likely N-dealkylation sites (tertiary alicyclic amines) is 1. The van der Waals surface area contributed by atoms with E-state index in [1.165, 1.54) is 65.0 Å². The summed E-state index contributed by atoms with van der Waals surface area (Å²) in [5.74, 6) is 4.35. The fourth-order valence-corrected chi connectivity index (χ4v) is 4.35. The molecule has 1 fully saturated rings. The first-order valence-electron chi connectivity index (χ1n) is 12.5. The van der Waals surface area contributed by atoms with Gasteiger partial charge in [-0.15, -0.1) is 0 Å². The van der Waals surface area contributed by atoms with Gasteiger partial charge in [0.15, 0.2) is 11.8 Å². The SMILES string of the molecule is CNC(=O)C(C(=O)CO)N(C)C(=O)c1ccc(C#Cc2ccc(CCCCN3CCCC3)cc2)cc1. The van der Waals surface area contributed by atoms with Crippen molar-refractivity contribution in [2.75, 3.05) is 40.3 Å². The van der Waals surface area contributed by atoms with Gasteiger partial charge in [-0.3, -0.25) is 14.4 Å². The Morgan fingerprint density at radius 1 is 0.972 bits per heavy atom. The van der Waals surface area contributed by atoms with Crippen LogP contribution in [0.15, 0.2) is 48.5 Å². The summed E-state index contributed by atoms with van der Waals surface area (Å²) in [6, 6.07) is 13.6. The smallest absolute Gasteiger partial charge is 0.254 e. The third-order valence-corrected chi connectivity index (χ3v) is 6.49. The van der Waals surface area contributed by atoms with Gasteiger partial charge in [-0.05, 0) is 93.7 Å². The van der Waals surface area contributed by atoms with E-state index in [0.29, 0.717) is 5.56 Å². The Kier molecular flexibility index (Phi) is 10.2. The van der Waals surface area contributed by atoms with E-state index in [0.717, 1.165) is 22.4 Å². The average molecular weight is 490 g/mol. The minimum Gasteiger partial charge on any atom is -0.388 e. The van der Waals surface area contributed by atoms with Crippen molar-refractivity contribution in [1.82, 2.24) is 15.1 Å². The van der Waals surface area contributed by atoms with Crippen molar-refractivity contribution in [2.45, 2.75) is 38.1 Å². The van der Waals surface area contributed by atoms with Crippen LogP contribution in [0.2, 0.25) is 0 Å². The number of rotatable bonds is 10. The van der Waals surface area contributed by atoms with Crippen LogP contribution in [-0.4, -0.2) is 78.9 Å². The standard InChI is InChI=1S/C29H35N3O4/c1-30-28(35)27(26(34)21-33)31(2)29(36)25-16-14-24(15-17-25)13-12-23-10-8-22(9-11-23)7-3-4-18-32-19-5-6-20-32/h8-11,14-17,27,33H,3-7,18-21H2,1-2H3,(H,30,35). The molecular formula is C29H35N3O4. The lowest BCUT2D eigenvalue weighted by atomic mass is 10.1. The number of nitrogens with one attached hydrogen (secondary N) is 1. The molecule has 1 atom stereocenters. The molecule has 1 aliphatic rings. The number of aliphatic hydroxyl groups is 1. The van der Waals surface area contributed by atoms with Gasteiger partial charge in [0.2, 0.25) is 5.91 Å². The van der Waals surface area contributed by atoms with E-state index >= 15 is 0 Å². The third kappa shape index (κ3) is 7.51. The van der Waals surface area contributed by atoms with E-state index in [2.05, 4.69) is 34.2 Å². The number of likely N-dealkylation sites (N-methyl/N-ethyl adjacent to an activating group) is 2. The number of amides is 2. The zero-order valence-electron chi connectivity index (χ0n) is 21.1. The molecule has 190 valence electrons. The Labute approximate surface area is 213 Å². The molecule has 3 rings (SSSR count). The number of Topliss-reactive ketones (excluding diaryl/α,β-unsaturated/α-hetero) is 1. The third-order valence-electron chi connectivity index (χ3n) is 6.49. The van der Waals surface area contributed by atoms with Gasteiger partial charge in [-0.25, -0.2) is 0 Å². The number of benzene rings is 2. The van der Waals surface area contributed by atoms with Crippen LogP contribution in [0.25, 0.3) is 0 Å². The molecule has 1 aliphatic heterocycles.